The third kappa shape index (κ3) is 3.43. The Bertz CT molecular complexity index is 511. The molecule has 0 aliphatic carbocycles. The van der Waals surface area contributed by atoms with Crippen molar-refractivity contribution < 1.29 is 23.5 Å². The van der Waals surface area contributed by atoms with E-state index in [1.807, 2.05) is 0 Å². The summed E-state index contributed by atoms with van der Waals surface area (Å²) in [6.07, 6.45) is 0. The van der Waals surface area contributed by atoms with Gasteiger partial charge in [0.2, 0.25) is 5.91 Å². The summed E-state index contributed by atoms with van der Waals surface area (Å²) < 4.78 is 27.4. The number of aromatic carboxylic acids is 1. The van der Waals surface area contributed by atoms with E-state index >= 15 is 0 Å². The van der Waals surface area contributed by atoms with Crippen LogP contribution in [0.15, 0.2) is 12.1 Å². The number of carbonyl (C=O) groups is 2. The highest BCUT2D eigenvalue weighted by atomic mass is 19.1. The van der Waals surface area contributed by atoms with Gasteiger partial charge in [-0.2, -0.15) is 0 Å². The third-order valence-electron chi connectivity index (χ3n) is 2.87. The maximum Gasteiger partial charge on any atom is 0.335 e. The van der Waals surface area contributed by atoms with Crippen LogP contribution in [-0.4, -0.2) is 41.5 Å². The van der Waals surface area contributed by atoms with Crippen molar-refractivity contribution in [3.05, 3.63) is 29.3 Å². The summed E-state index contributed by atoms with van der Waals surface area (Å²) in [7, 11) is 1.57. The van der Waals surface area contributed by atoms with Gasteiger partial charge in [0.05, 0.1) is 5.56 Å². The van der Waals surface area contributed by atoms with Gasteiger partial charge in [-0.25, -0.2) is 13.6 Å². The number of benzene rings is 1. The SMILES string of the molecule is CCN(C)C(=O)C(C)Nc1c(F)cc(C(=O)O)cc1F. The molecule has 1 amide bonds. The Balaban J connectivity index is 2.99. The molecule has 1 aromatic rings. The first-order valence-electron chi connectivity index (χ1n) is 6.01. The molecule has 1 atom stereocenters. The van der Waals surface area contributed by atoms with Crippen LogP contribution in [0, 0.1) is 11.6 Å². The van der Waals surface area contributed by atoms with E-state index in [1.54, 1.807) is 14.0 Å². The maximum absolute atomic E-state index is 13.7. The molecule has 5 nitrogen and oxygen atoms in total. The molecular weight excluding hydrogens is 270 g/mol. The molecule has 0 aromatic heterocycles. The molecular formula is C13H16F2N2O3. The highest BCUT2D eigenvalue weighted by Gasteiger charge is 2.21. The van der Waals surface area contributed by atoms with Crippen molar-refractivity contribution in [2.75, 3.05) is 18.9 Å². The minimum atomic E-state index is -1.43. The zero-order valence-electron chi connectivity index (χ0n) is 11.4. The van der Waals surface area contributed by atoms with Gasteiger partial charge in [0.25, 0.3) is 0 Å². The number of rotatable bonds is 5. The smallest absolute Gasteiger partial charge is 0.335 e. The summed E-state index contributed by atoms with van der Waals surface area (Å²) in [5.74, 6) is -3.86. The number of carboxylic acids is 1. The largest absolute Gasteiger partial charge is 0.478 e. The van der Waals surface area contributed by atoms with Crippen LogP contribution in [0.1, 0.15) is 24.2 Å². The molecule has 7 heteroatoms. The maximum atomic E-state index is 13.7. The van der Waals surface area contributed by atoms with E-state index in [1.165, 1.54) is 11.8 Å². The summed E-state index contributed by atoms with van der Waals surface area (Å²) >= 11 is 0. The third-order valence-corrected chi connectivity index (χ3v) is 2.87. The van der Waals surface area contributed by atoms with Gasteiger partial charge in [0, 0.05) is 13.6 Å². The Hall–Kier alpha value is -2.18. The van der Waals surface area contributed by atoms with Crippen LogP contribution in [0.25, 0.3) is 0 Å². The second-order valence-electron chi connectivity index (χ2n) is 4.34. The molecule has 0 aliphatic heterocycles. The van der Waals surface area contributed by atoms with E-state index < -0.39 is 34.9 Å². The molecule has 0 heterocycles. The predicted molar refractivity (Wildman–Crippen MR) is 69.7 cm³/mol. The molecule has 110 valence electrons. The number of nitrogens with zero attached hydrogens (tertiary/aromatic N) is 1. The summed E-state index contributed by atoms with van der Waals surface area (Å²) in [5, 5.41) is 11.1. The van der Waals surface area contributed by atoms with Crippen LogP contribution < -0.4 is 5.32 Å². The zero-order valence-corrected chi connectivity index (χ0v) is 11.4. The average molecular weight is 286 g/mol. The van der Waals surface area contributed by atoms with Crippen molar-refractivity contribution in [3.8, 4) is 0 Å². The number of nitrogens with one attached hydrogen (secondary N) is 1. The van der Waals surface area contributed by atoms with E-state index in [-0.39, 0.29) is 5.91 Å². The van der Waals surface area contributed by atoms with Gasteiger partial charge < -0.3 is 15.3 Å². The summed E-state index contributed by atoms with van der Waals surface area (Å²) in [4.78, 5) is 23.9. The fourth-order valence-corrected chi connectivity index (χ4v) is 1.60. The Morgan fingerprint density at radius 2 is 1.85 bits per heavy atom. The van der Waals surface area contributed by atoms with E-state index in [9.17, 15) is 18.4 Å². The topological polar surface area (TPSA) is 69.6 Å². The van der Waals surface area contributed by atoms with E-state index in [0.29, 0.717) is 18.7 Å². The Labute approximate surface area is 115 Å². The van der Waals surface area contributed by atoms with Crippen LogP contribution in [0.3, 0.4) is 0 Å². The lowest BCUT2D eigenvalue weighted by atomic mass is 10.1. The number of hydrogen-bond donors (Lipinski definition) is 2. The summed E-state index contributed by atoms with van der Waals surface area (Å²) in [6, 6.07) is 0.572. The van der Waals surface area contributed by atoms with Crippen LogP contribution >= 0.6 is 0 Å². The van der Waals surface area contributed by atoms with E-state index in [4.69, 9.17) is 5.11 Å². The van der Waals surface area contributed by atoms with Gasteiger partial charge in [-0.05, 0) is 26.0 Å². The number of likely N-dealkylation sites (N-methyl/N-ethyl adjacent to an activating group) is 1. The molecule has 0 fully saturated rings. The lowest BCUT2D eigenvalue weighted by Gasteiger charge is -2.21. The van der Waals surface area contributed by atoms with Gasteiger partial charge in [0.1, 0.15) is 23.4 Å². The standard InChI is InChI=1S/C13H16F2N2O3/c1-4-17(3)12(18)7(2)16-11-9(14)5-8(13(19)20)6-10(11)15/h5-7,16H,4H2,1-3H3,(H,19,20). The number of carbonyl (C=O) groups excluding carboxylic acids is 1. The van der Waals surface area contributed by atoms with Crippen LogP contribution in [0.2, 0.25) is 0 Å². The van der Waals surface area contributed by atoms with Crippen molar-refractivity contribution in [1.29, 1.82) is 0 Å². The molecule has 0 radical (unpaired) electrons. The second kappa shape index (κ2) is 6.31. The van der Waals surface area contributed by atoms with Crippen molar-refractivity contribution in [2.45, 2.75) is 19.9 Å². The fraction of sp³-hybridized carbons (Fsp3) is 0.385. The number of carboxylic acid groups (broad SMARTS) is 1. The van der Waals surface area contributed by atoms with Crippen molar-refractivity contribution in [1.82, 2.24) is 4.90 Å². The van der Waals surface area contributed by atoms with Crippen LogP contribution in [-0.2, 0) is 4.79 Å². The number of amides is 1. The highest BCUT2D eigenvalue weighted by Crippen LogP contribution is 2.22. The molecule has 0 spiro atoms. The number of halogens is 2. The van der Waals surface area contributed by atoms with Gasteiger partial charge in [-0.1, -0.05) is 0 Å². The molecule has 0 saturated carbocycles. The molecule has 1 aromatic carbocycles. The van der Waals surface area contributed by atoms with Crippen LogP contribution in [0.5, 0.6) is 0 Å². The van der Waals surface area contributed by atoms with Crippen LogP contribution in [0.4, 0.5) is 14.5 Å². The monoisotopic (exact) mass is 286 g/mol. The molecule has 0 aliphatic rings. The molecule has 20 heavy (non-hydrogen) atoms. The lowest BCUT2D eigenvalue weighted by molar-refractivity contribution is -0.130. The quantitative estimate of drug-likeness (QED) is 0.868. The number of hydrogen-bond acceptors (Lipinski definition) is 3. The summed E-state index contributed by atoms with van der Waals surface area (Å²) in [5.41, 5.74) is -1.00. The fourth-order valence-electron chi connectivity index (χ4n) is 1.60. The normalized spacial score (nSPS) is 11.8. The van der Waals surface area contributed by atoms with Crippen molar-refractivity contribution in [2.24, 2.45) is 0 Å². The molecule has 0 bridgehead atoms. The predicted octanol–water partition coefficient (Wildman–Crippen LogP) is 1.94. The Morgan fingerprint density at radius 3 is 2.25 bits per heavy atom. The highest BCUT2D eigenvalue weighted by molar-refractivity contribution is 5.88. The average Bonchev–Trinajstić information content (AvgIpc) is 2.40. The zero-order chi connectivity index (χ0) is 15.4. The molecule has 0 saturated heterocycles. The molecule has 1 rings (SSSR count). The van der Waals surface area contributed by atoms with Gasteiger partial charge in [-0.3, -0.25) is 4.79 Å². The van der Waals surface area contributed by atoms with E-state index in [2.05, 4.69) is 5.32 Å². The first kappa shape index (κ1) is 15.9. The van der Waals surface area contributed by atoms with E-state index in [0.717, 1.165) is 0 Å². The number of anilines is 1. The molecule has 1 unspecified atom stereocenters. The lowest BCUT2D eigenvalue weighted by Crippen LogP contribution is -2.39. The summed E-state index contributed by atoms with van der Waals surface area (Å²) in [6.45, 7) is 3.71. The van der Waals surface area contributed by atoms with Gasteiger partial charge in [0.15, 0.2) is 0 Å². The Kier molecular flexibility index (Phi) is 5.01. The molecule has 2 N–H and O–H groups in total. The van der Waals surface area contributed by atoms with Gasteiger partial charge >= 0.3 is 5.97 Å². The minimum absolute atomic E-state index is 0.325. The Morgan fingerprint density at radius 1 is 1.35 bits per heavy atom. The minimum Gasteiger partial charge on any atom is -0.478 e. The van der Waals surface area contributed by atoms with Crippen molar-refractivity contribution >= 4 is 17.6 Å². The van der Waals surface area contributed by atoms with Crippen molar-refractivity contribution in [3.63, 3.8) is 0 Å². The second-order valence-corrected chi connectivity index (χ2v) is 4.34. The first-order valence-corrected chi connectivity index (χ1v) is 6.01. The first-order chi connectivity index (χ1) is 9.27. The van der Waals surface area contributed by atoms with Gasteiger partial charge in [-0.15, -0.1) is 0 Å².